The molecule has 0 saturated carbocycles. The number of hydrogen-bond donors (Lipinski definition) is 2. The van der Waals surface area contributed by atoms with Crippen LogP contribution >= 0.6 is 11.8 Å². The van der Waals surface area contributed by atoms with Crippen molar-refractivity contribution in [2.24, 2.45) is 0 Å². The summed E-state index contributed by atoms with van der Waals surface area (Å²) in [5, 5.41) is 11.5. The fourth-order valence-electron chi connectivity index (χ4n) is 2.02. The van der Waals surface area contributed by atoms with E-state index in [2.05, 4.69) is 10.3 Å². The van der Waals surface area contributed by atoms with Crippen LogP contribution < -0.4 is 10.1 Å². The molecule has 0 aliphatic rings. The van der Waals surface area contributed by atoms with Crippen LogP contribution in [0.15, 0.2) is 42.6 Å². The molecule has 2 rings (SSSR count). The molecule has 0 unspecified atom stereocenters. The van der Waals surface area contributed by atoms with Crippen molar-refractivity contribution in [3.05, 3.63) is 53.7 Å². The number of nitrogens with zero attached hydrogens (tertiary/aromatic N) is 1. The van der Waals surface area contributed by atoms with Gasteiger partial charge in [-0.25, -0.2) is 4.98 Å². The van der Waals surface area contributed by atoms with Crippen molar-refractivity contribution in [1.82, 2.24) is 4.98 Å². The van der Waals surface area contributed by atoms with Gasteiger partial charge in [0.05, 0.1) is 17.4 Å². The van der Waals surface area contributed by atoms with Gasteiger partial charge in [0.1, 0.15) is 0 Å². The highest BCUT2D eigenvalue weighted by atomic mass is 32.2. The number of carbonyl (C=O) groups excluding carboxylic acids is 1. The topological polar surface area (TPSA) is 88.5 Å². The Balaban J connectivity index is 1.96. The predicted octanol–water partition coefficient (Wildman–Crippen LogP) is 3.44. The number of benzene rings is 1. The minimum absolute atomic E-state index is 0.0221. The van der Waals surface area contributed by atoms with Crippen LogP contribution in [-0.2, 0) is 10.5 Å². The van der Waals surface area contributed by atoms with Gasteiger partial charge >= 0.3 is 5.97 Å². The maximum atomic E-state index is 12.3. The van der Waals surface area contributed by atoms with E-state index in [1.807, 2.05) is 32.0 Å². The van der Waals surface area contributed by atoms with Gasteiger partial charge in [0.2, 0.25) is 5.88 Å². The summed E-state index contributed by atoms with van der Waals surface area (Å²) in [4.78, 5) is 27.0. The third kappa shape index (κ3) is 6.46. The van der Waals surface area contributed by atoms with Gasteiger partial charge in [0.15, 0.2) is 0 Å². The number of anilines is 1. The van der Waals surface area contributed by atoms with E-state index < -0.39 is 5.97 Å². The lowest BCUT2D eigenvalue weighted by molar-refractivity contribution is -0.133. The number of thioether (sulfide) groups is 1. The van der Waals surface area contributed by atoms with Crippen molar-refractivity contribution < 1.29 is 19.4 Å². The van der Waals surface area contributed by atoms with Crippen LogP contribution in [0.2, 0.25) is 0 Å². The van der Waals surface area contributed by atoms with Gasteiger partial charge < -0.3 is 15.2 Å². The number of pyridine rings is 1. The normalized spacial score (nSPS) is 10.5. The fraction of sp³-hybridized carbons (Fsp3) is 0.278. The summed E-state index contributed by atoms with van der Waals surface area (Å²) in [6, 6.07) is 10.7. The third-order valence-corrected chi connectivity index (χ3v) is 4.02. The average Bonchev–Trinajstić information content (AvgIpc) is 2.55. The molecule has 2 N–H and O–H groups in total. The molecular formula is C18H20N2O4S. The average molecular weight is 360 g/mol. The second kappa shape index (κ2) is 9.08. The summed E-state index contributed by atoms with van der Waals surface area (Å²) in [7, 11) is 0. The number of amides is 1. The first kappa shape index (κ1) is 18.8. The molecule has 0 fully saturated rings. The van der Waals surface area contributed by atoms with Gasteiger partial charge in [-0.05, 0) is 37.6 Å². The van der Waals surface area contributed by atoms with Crippen molar-refractivity contribution in [2.75, 3.05) is 11.1 Å². The molecule has 2 aromatic rings. The second-order valence-corrected chi connectivity index (χ2v) is 6.58. The summed E-state index contributed by atoms with van der Waals surface area (Å²) < 4.78 is 5.45. The highest BCUT2D eigenvalue weighted by Gasteiger charge is 2.08. The number of carbonyl (C=O) groups is 2. The maximum absolute atomic E-state index is 12.3. The molecule has 0 aliphatic carbocycles. The zero-order valence-electron chi connectivity index (χ0n) is 14.1. The van der Waals surface area contributed by atoms with Crippen LogP contribution in [0.5, 0.6) is 5.88 Å². The van der Waals surface area contributed by atoms with Gasteiger partial charge in [-0.3, -0.25) is 9.59 Å². The molecule has 6 nitrogen and oxygen atoms in total. The van der Waals surface area contributed by atoms with Crippen LogP contribution in [0.3, 0.4) is 0 Å². The molecule has 25 heavy (non-hydrogen) atoms. The Bertz CT molecular complexity index is 732. The number of hydrogen-bond acceptors (Lipinski definition) is 5. The molecule has 7 heteroatoms. The Labute approximate surface area is 150 Å². The van der Waals surface area contributed by atoms with Gasteiger partial charge in [-0.2, -0.15) is 0 Å². The smallest absolute Gasteiger partial charge is 0.313 e. The lowest BCUT2D eigenvalue weighted by atomic mass is 10.2. The van der Waals surface area contributed by atoms with E-state index in [9.17, 15) is 9.59 Å². The lowest BCUT2D eigenvalue weighted by Gasteiger charge is -2.10. The van der Waals surface area contributed by atoms with Crippen molar-refractivity contribution >= 4 is 29.3 Å². The zero-order chi connectivity index (χ0) is 18.2. The number of carboxylic acids is 1. The zero-order valence-corrected chi connectivity index (χ0v) is 14.9. The Morgan fingerprint density at radius 3 is 2.72 bits per heavy atom. The summed E-state index contributed by atoms with van der Waals surface area (Å²) in [6.45, 7) is 3.81. The van der Waals surface area contributed by atoms with E-state index in [-0.39, 0.29) is 17.8 Å². The molecule has 1 heterocycles. The van der Waals surface area contributed by atoms with Crippen LogP contribution in [0.4, 0.5) is 5.69 Å². The van der Waals surface area contributed by atoms with Crippen LogP contribution in [0.1, 0.15) is 29.8 Å². The van der Waals surface area contributed by atoms with Crippen molar-refractivity contribution in [3.63, 3.8) is 0 Å². The largest absolute Gasteiger partial charge is 0.481 e. The van der Waals surface area contributed by atoms with E-state index in [0.717, 1.165) is 5.56 Å². The first-order valence-electron chi connectivity index (χ1n) is 7.76. The van der Waals surface area contributed by atoms with Crippen LogP contribution in [0, 0.1) is 0 Å². The Hall–Kier alpha value is -2.54. The van der Waals surface area contributed by atoms with Gasteiger partial charge in [-0.1, -0.05) is 12.1 Å². The second-order valence-electron chi connectivity index (χ2n) is 5.59. The number of aromatic nitrogens is 1. The molecule has 0 bridgehead atoms. The van der Waals surface area contributed by atoms with E-state index >= 15 is 0 Å². The van der Waals surface area contributed by atoms with Crippen molar-refractivity contribution in [1.29, 1.82) is 0 Å². The summed E-state index contributed by atoms with van der Waals surface area (Å²) in [5.74, 6) is -0.0129. The van der Waals surface area contributed by atoms with Crippen molar-refractivity contribution in [3.8, 4) is 5.88 Å². The standard InChI is InChI=1S/C18H20N2O4S/c1-12(2)24-16-7-6-14(9-19-16)18(23)20-15-5-3-4-13(8-15)10-25-11-17(21)22/h3-9,12H,10-11H2,1-2H3,(H,20,23)(H,21,22). The summed E-state index contributed by atoms with van der Waals surface area (Å²) in [5.41, 5.74) is 2.03. The first-order valence-corrected chi connectivity index (χ1v) is 8.92. The van der Waals surface area contributed by atoms with E-state index in [1.165, 1.54) is 18.0 Å². The molecule has 0 saturated heterocycles. The number of aliphatic carboxylic acids is 1. The third-order valence-electron chi connectivity index (χ3n) is 3.03. The van der Waals surface area contributed by atoms with E-state index in [1.54, 1.807) is 18.2 Å². The maximum Gasteiger partial charge on any atom is 0.313 e. The Kier molecular flexibility index (Phi) is 6.82. The summed E-state index contributed by atoms with van der Waals surface area (Å²) >= 11 is 1.31. The molecule has 0 atom stereocenters. The van der Waals surface area contributed by atoms with Crippen molar-refractivity contribution in [2.45, 2.75) is 25.7 Å². The molecule has 1 aromatic carbocycles. The predicted molar refractivity (Wildman–Crippen MR) is 98.2 cm³/mol. The number of rotatable bonds is 8. The van der Waals surface area contributed by atoms with Crippen LogP contribution in [-0.4, -0.2) is 33.8 Å². The number of ether oxygens (including phenoxy) is 1. The molecule has 0 radical (unpaired) electrons. The monoisotopic (exact) mass is 360 g/mol. The minimum Gasteiger partial charge on any atom is -0.481 e. The highest BCUT2D eigenvalue weighted by Crippen LogP contribution is 2.17. The summed E-state index contributed by atoms with van der Waals surface area (Å²) in [6.07, 6.45) is 1.49. The Morgan fingerprint density at radius 1 is 1.28 bits per heavy atom. The van der Waals surface area contributed by atoms with E-state index in [0.29, 0.717) is 22.9 Å². The quantitative estimate of drug-likeness (QED) is 0.750. The van der Waals surface area contributed by atoms with Gasteiger partial charge in [0, 0.05) is 23.7 Å². The van der Waals surface area contributed by atoms with E-state index in [4.69, 9.17) is 9.84 Å². The Morgan fingerprint density at radius 2 is 2.08 bits per heavy atom. The molecule has 132 valence electrons. The van der Waals surface area contributed by atoms with Gasteiger partial charge in [-0.15, -0.1) is 11.8 Å². The van der Waals surface area contributed by atoms with Gasteiger partial charge in [0.25, 0.3) is 5.91 Å². The minimum atomic E-state index is -0.841. The molecule has 1 amide bonds. The lowest BCUT2D eigenvalue weighted by Crippen LogP contribution is -2.13. The van der Waals surface area contributed by atoms with Crippen LogP contribution in [0.25, 0.3) is 0 Å². The molecule has 1 aromatic heterocycles. The first-order chi connectivity index (χ1) is 11.9. The molecule has 0 spiro atoms. The SMILES string of the molecule is CC(C)Oc1ccc(C(=O)Nc2cccc(CSCC(=O)O)c2)cn1. The highest BCUT2D eigenvalue weighted by molar-refractivity contribution is 7.99. The number of nitrogens with one attached hydrogen (secondary N) is 1. The molecule has 0 aliphatic heterocycles. The number of carboxylic acid groups (broad SMARTS) is 1. The molecular weight excluding hydrogens is 340 g/mol. The fourth-order valence-corrected chi connectivity index (χ4v) is 2.72.